The third-order valence-electron chi connectivity index (χ3n) is 12.8. The summed E-state index contributed by atoms with van der Waals surface area (Å²) in [6, 6.07) is 48.6. The zero-order valence-electron chi connectivity index (χ0n) is 28.4. The van der Waals surface area contributed by atoms with E-state index in [-0.39, 0.29) is 10.8 Å². The Labute approximate surface area is 291 Å². The average molecular weight is 636 g/mol. The van der Waals surface area contributed by atoms with Gasteiger partial charge in [0, 0.05) is 28.8 Å². The van der Waals surface area contributed by atoms with Gasteiger partial charge in [0.2, 0.25) is 0 Å². The van der Waals surface area contributed by atoms with Crippen molar-refractivity contribution in [2.45, 2.75) is 38.0 Å². The maximum absolute atomic E-state index is 5.29. The predicted molar refractivity (Wildman–Crippen MR) is 208 cm³/mol. The highest BCUT2D eigenvalue weighted by Crippen LogP contribution is 2.61. The SMILES string of the molecule is CC1(C)c2ccccc2-c2ccc(-c3c4c(c5c6c(nccc36)CC3(C)c6ccccc6-c6ccc-5cc63)-c3cccc5cccc-4c35)cc21. The van der Waals surface area contributed by atoms with Crippen LogP contribution in [0.4, 0.5) is 0 Å². The molecule has 0 radical (unpaired) electrons. The first-order valence-electron chi connectivity index (χ1n) is 17.9. The highest BCUT2D eigenvalue weighted by molar-refractivity contribution is 6.28. The second-order valence-electron chi connectivity index (χ2n) is 15.6. The minimum absolute atomic E-state index is 0.0833. The third kappa shape index (κ3) is 3.05. The summed E-state index contributed by atoms with van der Waals surface area (Å²) < 4.78 is 0. The number of fused-ring (bicyclic) bond motifs is 12. The number of aromatic nitrogens is 1. The molecule has 0 spiro atoms. The smallest absolute Gasteiger partial charge is 0.0500 e. The van der Waals surface area contributed by atoms with E-state index in [1.807, 2.05) is 0 Å². The van der Waals surface area contributed by atoms with E-state index in [0.717, 1.165) is 6.42 Å². The second-order valence-corrected chi connectivity index (χ2v) is 15.6. The van der Waals surface area contributed by atoms with E-state index in [1.54, 1.807) is 0 Å². The Bertz CT molecular complexity index is 2880. The maximum atomic E-state index is 5.29. The lowest BCUT2D eigenvalue weighted by atomic mass is 9.72. The summed E-state index contributed by atoms with van der Waals surface area (Å²) in [6.45, 7) is 7.22. The molecule has 8 aromatic rings. The van der Waals surface area contributed by atoms with Gasteiger partial charge in [-0.25, -0.2) is 0 Å². The topological polar surface area (TPSA) is 12.9 Å². The molecule has 1 atom stereocenters. The van der Waals surface area contributed by atoms with Crippen LogP contribution in [0.3, 0.4) is 0 Å². The van der Waals surface area contributed by atoms with E-state index in [4.69, 9.17) is 4.98 Å². The number of benzene rings is 7. The summed E-state index contributed by atoms with van der Waals surface area (Å²) in [4.78, 5) is 5.29. The second kappa shape index (κ2) is 8.86. The van der Waals surface area contributed by atoms with Gasteiger partial charge in [0.15, 0.2) is 0 Å². The number of rotatable bonds is 1. The summed E-state index contributed by atoms with van der Waals surface area (Å²) in [5, 5.41) is 5.26. The van der Waals surface area contributed by atoms with Gasteiger partial charge in [0.1, 0.15) is 0 Å². The van der Waals surface area contributed by atoms with Gasteiger partial charge in [-0.15, -0.1) is 0 Å². The van der Waals surface area contributed by atoms with Gasteiger partial charge in [-0.2, -0.15) is 0 Å². The molecule has 0 amide bonds. The van der Waals surface area contributed by atoms with Crippen molar-refractivity contribution >= 4 is 21.5 Å². The molecule has 1 aromatic heterocycles. The van der Waals surface area contributed by atoms with E-state index in [2.05, 4.69) is 154 Å². The molecule has 0 fully saturated rings. The summed E-state index contributed by atoms with van der Waals surface area (Å²) in [5.41, 5.74) is 22.7. The highest BCUT2D eigenvalue weighted by Gasteiger charge is 2.43. The number of nitrogens with zero attached hydrogens (tertiary/aromatic N) is 1. The minimum atomic E-state index is -0.160. The van der Waals surface area contributed by atoms with Crippen molar-refractivity contribution in [1.29, 1.82) is 0 Å². The molecule has 0 N–H and O–H groups in total. The first-order chi connectivity index (χ1) is 24.4. The van der Waals surface area contributed by atoms with Crippen molar-refractivity contribution in [2.24, 2.45) is 0 Å². The lowest BCUT2D eigenvalue weighted by Gasteiger charge is -2.31. The predicted octanol–water partition coefficient (Wildman–Crippen LogP) is 12.5. The quantitative estimate of drug-likeness (QED) is 0.175. The van der Waals surface area contributed by atoms with Crippen LogP contribution in [0.25, 0.3) is 88.3 Å². The minimum Gasteiger partial charge on any atom is -0.261 e. The van der Waals surface area contributed by atoms with Crippen LogP contribution in [0.5, 0.6) is 0 Å². The largest absolute Gasteiger partial charge is 0.261 e. The zero-order chi connectivity index (χ0) is 33.1. The van der Waals surface area contributed by atoms with E-state index in [0.29, 0.717) is 0 Å². The fourth-order valence-corrected chi connectivity index (χ4v) is 10.6. The van der Waals surface area contributed by atoms with E-state index >= 15 is 0 Å². The molecule has 1 unspecified atom stereocenters. The Morgan fingerprint density at radius 2 is 1.04 bits per heavy atom. The highest BCUT2D eigenvalue weighted by atomic mass is 14.7. The van der Waals surface area contributed by atoms with Crippen LogP contribution < -0.4 is 0 Å². The Morgan fingerprint density at radius 1 is 0.460 bits per heavy atom. The number of hydrogen-bond donors (Lipinski definition) is 0. The van der Waals surface area contributed by atoms with Gasteiger partial charge in [0.05, 0.1) is 5.69 Å². The van der Waals surface area contributed by atoms with Crippen LogP contribution in [-0.2, 0) is 17.3 Å². The van der Waals surface area contributed by atoms with Crippen molar-refractivity contribution in [3.63, 3.8) is 0 Å². The van der Waals surface area contributed by atoms with Crippen molar-refractivity contribution < 1.29 is 0 Å². The first kappa shape index (κ1) is 27.1. The molecule has 12 rings (SSSR count). The van der Waals surface area contributed by atoms with E-state index in [1.165, 1.54) is 116 Å². The van der Waals surface area contributed by atoms with Gasteiger partial charge < -0.3 is 0 Å². The molecule has 2 bridgehead atoms. The Hall–Kier alpha value is -5.79. The van der Waals surface area contributed by atoms with Gasteiger partial charge in [-0.1, -0.05) is 130 Å². The normalized spacial score (nSPS) is 17.7. The Kier molecular flexibility index (Phi) is 4.80. The third-order valence-corrected chi connectivity index (χ3v) is 12.8. The Morgan fingerprint density at radius 3 is 1.80 bits per heavy atom. The van der Waals surface area contributed by atoms with Gasteiger partial charge in [0.25, 0.3) is 0 Å². The van der Waals surface area contributed by atoms with Crippen molar-refractivity contribution in [2.75, 3.05) is 0 Å². The molecule has 234 valence electrons. The fraction of sp³-hybridized carbons (Fsp3) is 0.122. The van der Waals surface area contributed by atoms with Crippen LogP contribution in [0, 0.1) is 0 Å². The molecule has 1 heterocycles. The standard InChI is InChI=1S/C49H33N/c1-48(2)37-16-6-4-12-30(37)32-20-18-28(24-39(32)48)43-36-22-23-50-41-26-49(3)38-17-7-5-13-31(38)33-21-19-29(25-40(33)49)44(45(36)41)47-35-15-9-11-27-10-8-14-34(42(27)35)46(43)47/h4-25H,26H2,1-3H3. The van der Waals surface area contributed by atoms with E-state index < -0.39 is 0 Å². The lowest BCUT2D eigenvalue weighted by Crippen LogP contribution is -2.25. The lowest BCUT2D eigenvalue weighted by molar-refractivity contribution is 0.576. The van der Waals surface area contributed by atoms with Crippen LogP contribution >= 0.6 is 0 Å². The zero-order valence-corrected chi connectivity index (χ0v) is 28.4. The maximum Gasteiger partial charge on any atom is 0.0500 e. The Balaban J connectivity index is 1.25. The van der Waals surface area contributed by atoms with Gasteiger partial charge in [-0.3, -0.25) is 4.98 Å². The fourth-order valence-electron chi connectivity index (χ4n) is 10.6. The summed E-state index contributed by atoms with van der Waals surface area (Å²) in [7, 11) is 0. The molecule has 1 heteroatoms. The monoisotopic (exact) mass is 635 g/mol. The molecule has 7 aromatic carbocycles. The summed E-state index contributed by atoms with van der Waals surface area (Å²) >= 11 is 0. The molecular weight excluding hydrogens is 603 g/mol. The number of hydrogen-bond acceptors (Lipinski definition) is 1. The average Bonchev–Trinajstić information content (AvgIpc) is 3.68. The van der Waals surface area contributed by atoms with Crippen LogP contribution in [0.2, 0.25) is 0 Å². The molecule has 4 aliphatic rings. The van der Waals surface area contributed by atoms with Gasteiger partial charge >= 0.3 is 0 Å². The van der Waals surface area contributed by atoms with Crippen molar-refractivity contribution in [1.82, 2.24) is 4.98 Å². The molecule has 0 aliphatic heterocycles. The molecular formula is C49H33N. The van der Waals surface area contributed by atoms with Crippen molar-refractivity contribution in [3.05, 3.63) is 162 Å². The van der Waals surface area contributed by atoms with Gasteiger partial charge in [-0.05, 0) is 123 Å². The number of pyridine rings is 1. The molecule has 0 saturated carbocycles. The van der Waals surface area contributed by atoms with E-state index in [9.17, 15) is 0 Å². The van der Waals surface area contributed by atoms with Crippen LogP contribution in [0.15, 0.2) is 134 Å². The summed E-state index contributed by atoms with van der Waals surface area (Å²) in [6.07, 6.45) is 2.93. The van der Waals surface area contributed by atoms with Crippen LogP contribution in [-0.4, -0.2) is 4.98 Å². The van der Waals surface area contributed by atoms with Crippen molar-refractivity contribution in [3.8, 4) is 66.8 Å². The summed E-state index contributed by atoms with van der Waals surface area (Å²) in [5.74, 6) is 0. The molecule has 4 aliphatic carbocycles. The van der Waals surface area contributed by atoms with Crippen LogP contribution in [0.1, 0.15) is 48.7 Å². The molecule has 0 saturated heterocycles. The molecule has 1 nitrogen and oxygen atoms in total. The molecule has 50 heavy (non-hydrogen) atoms. The first-order valence-corrected chi connectivity index (χ1v) is 17.9.